The summed E-state index contributed by atoms with van der Waals surface area (Å²) < 4.78 is 7.58. The Hall–Kier alpha value is -2.74. The van der Waals surface area contributed by atoms with Gasteiger partial charge in [0.25, 0.3) is 5.56 Å². The predicted molar refractivity (Wildman–Crippen MR) is 123 cm³/mol. The van der Waals surface area contributed by atoms with E-state index >= 15 is 0 Å². The highest BCUT2D eigenvalue weighted by Crippen LogP contribution is 2.46. The molecule has 0 amide bonds. The van der Waals surface area contributed by atoms with E-state index in [0.29, 0.717) is 56.1 Å². The zero-order valence-corrected chi connectivity index (χ0v) is 18.1. The van der Waals surface area contributed by atoms with E-state index in [1.807, 2.05) is 22.2 Å². The molecule has 4 aromatic rings. The Kier molecular flexibility index (Phi) is 4.21. The lowest BCUT2D eigenvalue weighted by Crippen LogP contribution is -2.31. The minimum Gasteiger partial charge on any atom is -0.422 e. The molecule has 0 fully saturated rings. The number of hydrogen-bond acceptors (Lipinski definition) is 6. The van der Waals surface area contributed by atoms with E-state index in [-0.39, 0.29) is 5.56 Å². The van der Waals surface area contributed by atoms with Gasteiger partial charge < -0.3 is 9.73 Å². The fraction of sp³-hybridized carbons (Fsp3) is 0.136. The molecule has 1 unspecified atom stereocenters. The van der Waals surface area contributed by atoms with E-state index in [9.17, 15) is 9.59 Å². The molecule has 154 valence electrons. The Morgan fingerprint density at radius 1 is 1.10 bits per heavy atom. The van der Waals surface area contributed by atoms with Gasteiger partial charge in [0.2, 0.25) is 0 Å². The molecule has 0 saturated carbocycles. The van der Waals surface area contributed by atoms with Crippen LogP contribution in [0.15, 0.2) is 56.5 Å². The van der Waals surface area contributed by atoms with Crippen LogP contribution < -0.4 is 16.5 Å². The number of fused-ring (bicyclic) bond motifs is 6. The molecule has 31 heavy (non-hydrogen) atoms. The summed E-state index contributed by atoms with van der Waals surface area (Å²) in [6, 6.07) is 12.5. The molecule has 9 heteroatoms. The Morgan fingerprint density at radius 2 is 1.94 bits per heavy atom. The molecule has 0 aliphatic carbocycles. The number of benzene rings is 2. The van der Waals surface area contributed by atoms with Crippen molar-refractivity contribution in [2.24, 2.45) is 0 Å². The summed E-state index contributed by atoms with van der Waals surface area (Å²) in [6.07, 6.45) is 0.705. The lowest BCUT2D eigenvalue weighted by atomic mass is 9.83. The van der Waals surface area contributed by atoms with Gasteiger partial charge in [-0.1, -0.05) is 41.4 Å². The molecule has 2 aromatic carbocycles. The minimum absolute atomic E-state index is 0.342. The van der Waals surface area contributed by atoms with Gasteiger partial charge >= 0.3 is 5.63 Å². The summed E-state index contributed by atoms with van der Waals surface area (Å²) in [6.45, 7) is 0. The van der Waals surface area contributed by atoms with Gasteiger partial charge in [0.15, 0.2) is 0 Å². The molecule has 0 bridgehead atoms. The molecular weight excluding hydrogens is 457 g/mol. The number of anilines is 2. The molecule has 0 saturated heterocycles. The van der Waals surface area contributed by atoms with E-state index in [1.54, 1.807) is 36.2 Å². The van der Waals surface area contributed by atoms with Crippen LogP contribution in [-0.4, -0.2) is 14.7 Å². The number of rotatable bonds is 1. The number of nitrogens with zero attached hydrogens (tertiary/aromatic N) is 2. The molecule has 4 heterocycles. The van der Waals surface area contributed by atoms with E-state index in [0.717, 1.165) is 11.1 Å². The second kappa shape index (κ2) is 6.88. The van der Waals surface area contributed by atoms with Gasteiger partial charge in [-0.2, -0.15) is 4.98 Å². The van der Waals surface area contributed by atoms with Crippen molar-refractivity contribution in [3.8, 4) is 0 Å². The molecule has 6 rings (SSSR count). The third-order valence-corrected chi connectivity index (χ3v) is 7.42. The second-order valence-corrected chi connectivity index (χ2v) is 9.22. The first kappa shape index (κ1) is 19.0. The SMILES string of the molecule is O=c1nc2n(c3c1C(c1ccc(Cl)c(Cl)c1)c1c(c4ccccc4oc1=O)N3)SCC2. The van der Waals surface area contributed by atoms with E-state index in [2.05, 4.69) is 10.3 Å². The Balaban J connectivity index is 1.75. The molecule has 1 N–H and O–H groups in total. The van der Waals surface area contributed by atoms with Crippen molar-refractivity contribution in [2.45, 2.75) is 12.3 Å². The first-order valence-corrected chi connectivity index (χ1v) is 11.3. The van der Waals surface area contributed by atoms with Gasteiger partial charge in [-0.15, -0.1) is 0 Å². The monoisotopic (exact) mass is 469 g/mol. The van der Waals surface area contributed by atoms with Gasteiger partial charge in [-0.25, -0.2) is 4.79 Å². The van der Waals surface area contributed by atoms with Crippen molar-refractivity contribution in [2.75, 3.05) is 11.1 Å². The van der Waals surface area contributed by atoms with Crippen LogP contribution in [0.3, 0.4) is 0 Å². The third-order valence-electron chi connectivity index (χ3n) is 5.65. The van der Waals surface area contributed by atoms with Crippen molar-refractivity contribution >= 4 is 57.6 Å². The standard InChI is InChI=1S/C22H13Cl2N3O3S/c23-12-6-5-10(9-13(12)24)16-17-19(11-3-1-2-4-14(11)30-22(17)29)26-20-18(16)21(28)25-15-7-8-31-27(15)20/h1-6,9,16,26H,7-8H2. The highest BCUT2D eigenvalue weighted by Gasteiger charge is 2.37. The average Bonchev–Trinajstić information content (AvgIpc) is 3.23. The number of aromatic nitrogens is 2. The normalized spacial score (nSPS) is 16.5. The zero-order chi connectivity index (χ0) is 21.3. The summed E-state index contributed by atoms with van der Waals surface area (Å²) in [5.74, 6) is 1.48. The van der Waals surface area contributed by atoms with Crippen LogP contribution in [0, 0.1) is 0 Å². The summed E-state index contributed by atoms with van der Waals surface area (Å²) >= 11 is 14.0. The van der Waals surface area contributed by atoms with Crippen LogP contribution in [0.2, 0.25) is 10.0 Å². The number of nitrogens with one attached hydrogen (secondary N) is 1. The summed E-state index contributed by atoms with van der Waals surface area (Å²) in [5, 5.41) is 4.87. The molecule has 0 radical (unpaired) electrons. The Morgan fingerprint density at radius 3 is 2.77 bits per heavy atom. The largest absolute Gasteiger partial charge is 0.422 e. The first-order chi connectivity index (χ1) is 15.0. The van der Waals surface area contributed by atoms with Crippen LogP contribution in [0.5, 0.6) is 0 Å². The average molecular weight is 470 g/mol. The molecule has 2 aromatic heterocycles. The summed E-state index contributed by atoms with van der Waals surface area (Å²) in [4.78, 5) is 30.6. The predicted octanol–water partition coefficient (Wildman–Crippen LogP) is 4.95. The minimum atomic E-state index is -0.694. The van der Waals surface area contributed by atoms with Gasteiger partial charge in [0.1, 0.15) is 17.2 Å². The van der Waals surface area contributed by atoms with Crippen LogP contribution in [0.4, 0.5) is 11.5 Å². The smallest absolute Gasteiger partial charge is 0.342 e. The lowest BCUT2D eigenvalue weighted by Gasteiger charge is -2.30. The topological polar surface area (TPSA) is 77.1 Å². The van der Waals surface area contributed by atoms with Gasteiger partial charge in [-0.3, -0.25) is 8.77 Å². The Bertz CT molecular complexity index is 1530. The molecule has 1 atom stereocenters. The third kappa shape index (κ3) is 2.77. The number of halogens is 2. The van der Waals surface area contributed by atoms with E-state index < -0.39 is 11.5 Å². The van der Waals surface area contributed by atoms with Crippen molar-refractivity contribution in [3.05, 3.63) is 95.8 Å². The Labute approximate surface area is 190 Å². The maximum Gasteiger partial charge on any atom is 0.342 e. The molecule has 0 spiro atoms. The van der Waals surface area contributed by atoms with Gasteiger partial charge in [0.05, 0.1) is 32.8 Å². The van der Waals surface area contributed by atoms with E-state index in [4.69, 9.17) is 27.6 Å². The summed E-state index contributed by atoms with van der Waals surface area (Å²) in [5.41, 5.74) is 1.64. The fourth-order valence-corrected chi connectivity index (χ4v) is 5.63. The molecule has 2 aliphatic rings. The van der Waals surface area contributed by atoms with Gasteiger partial charge in [0, 0.05) is 17.6 Å². The number of hydrogen-bond donors (Lipinski definition) is 1. The van der Waals surface area contributed by atoms with Gasteiger partial charge in [-0.05, 0) is 41.8 Å². The first-order valence-electron chi connectivity index (χ1n) is 9.60. The zero-order valence-electron chi connectivity index (χ0n) is 15.8. The highest BCUT2D eigenvalue weighted by molar-refractivity contribution is 7.98. The van der Waals surface area contributed by atoms with Crippen molar-refractivity contribution < 1.29 is 4.42 Å². The maximum absolute atomic E-state index is 13.2. The summed E-state index contributed by atoms with van der Waals surface area (Å²) in [7, 11) is 0. The quantitative estimate of drug-likeness (QED) is 0.350. The highest BCUT2D eigenvalue weighted by atomic mass is 35.5. The van der Waals surface area contributed by atoms with Crippen LogP contribution in [0.25, 0.3) is 11.0 Å². The van der Waals surface area contributed by atoms with Crippen LogP contribution in [-0.2, 0) is 6.42 Å². The molecule has 2 aliphatic heterocycles. The molecular formula is C22H13Cl2N3O3S. The number of aryl methyl sites for hydroxylation is 1. The van der Waals surface area contributed by atoms with Crippen molar-refractivity contribution in [1.29, 1.82) is 0 Å². The van der Waals surface area contributed by atoms with E-state index in [1.165, 1.54) is 0 Å². The fourth-order valence-electron chi connectivity index (χ4n) is 4.31. The van der Waals surface area contributed by atoms with Crippen LogP contribution >= 0.6 is 35.1 Å². The van der Waals surface area contributed by atoms with Crippen LogP contribution in [0.1, 0.15) is 28.4 Å². The maximum atomic E-state index is 13.2. The second-order valence-electron chi connectivity index (χ2n) is 7.38. The lowest BCUT2D eigenvalue weighted by molar-refractivity contribution is 0.548. The van der Waals surface area contributed by atoms with Crippen molar-refractivity contribution in [1.82, 2.24) is 8.96 Å². The number of para-hydroxylation sites is 1. The molecule has 6 nitrogen and oxygen atoms in total. The van der Waals surface area contributed by atoms with Crippen molar-refractivity contribution in [3.63, 3.8) is 0 Å².